The summed E-state index contributed by atoms with van der Waals surface area (Å²) in [5, 5.41) is 5.76. The average Bonchev–Trinajstić information content (AvgIpc) is 2.47. The number of morpholine rings is 1. The van der Waals surface area contributed by atoms with Gasteiger partial charge in [0.1, 0.15) is 5.82 Å². The Morgan fingerprint density at radius 2 is 2.35 bits per heavy atom. The molecule has 1 aliphatic rings. The van der Waals surface area contributed by atoms with Crippen molar-refractivity contribution in [3.8, 4) is 0 Å². The molecule has 110 valence electrons. The SMILES string of the molecule is CNC(=O)[C@]1(C)CN(Cc2cccnc2NC)CCO1. The second kappa shape index (κ2) is 6.19. The molecule has 2 N–H and O–H groups in total. The van der Waals surface area contributed by atoms with Gasteiger partial charge in [-0.3, -0.25) is 9.69 Å². The van der Waals surface area contributed by atoms with Crippen molar-refractivity contribution in [1.29, 1.82) is 0 Å². The number of hydrogen-bond donors (Lipinski definition) is 2. The van der Waals surface area contributed by atoms with Gasteiger partial charge in [0.05, 0.1) is 6.61 Å². The van der Waals surface area contributed by atoms with Crippen molar-refractivity contribution in [2.45, 2.75) is 19.1 Å². The predicted octanol–water partition coefficient (Wildman–Crippen LogP) is 0.460. The van der Waals surface area contributed by atoms with Crippen LogP contribution in [0, 0.1) is 0 Å². The average molecular weight is 278 g/mol. The van der Waals surface area contributed by atoms with Crippen LogP contribution >= 0.6 is 0 Å². The maximum Gasteiger partial charge on any atom is 0.253 e. The van der Waals surface area contributed by atoms with Gasteiger partial charge in [-0.2, -0.15) is 0 Å². The summed E-state index contributed by atoms with van der Waals surface area (Å²) in [4.78, 5) is 18.4. The smallest absolute Gasteiger partial charge is 0.253 e. The summed E-state index contributed by atoms with van der Waals surface area (Å²) in [6, 6.07) is 3.97. The van der Waals surface area contributed by atoms with Crippen LogP contribution in [-0.4, -0.2) is 55.2 Å². The first-order valence-corrected chi connectivity index (χ1v) is 6.79. The molecule has 2 rings (SSSR count). The van der Waals surface area contributed by atoms with Gasteiger partial charge in [0.15, 0.2) is 5.60 Å². The van der Waals surface area contributed by atoms with E-state index >= 15 is 0 Å². The van der Waals surface area contributed by atoms with E-state index in [4.69, 9.17) is 4.74 Å². The number of rotatable bonds is 4. The number of aromatic nitrogens is 1. The van der Waals surface area contributed by atoms with Gasteiger partial charge in [-0.25, -0.2) is 4.98 Å². The lowest BCUT2D eigenvalue weighted by molar-refractivity contribution is -0.156. The monoisotopic (exact) mass is 278 g/mol. The topological polar surface area (TPSA) is 66.5 Å². The van der Waals surface area contributed by atoms with Crippen LogP contribution in [0.2, 0.25) is 0 Å². The molecule has 1 fully saturated rings. The molecule has 1 aromatic heterocycles. The zero-order chi connectivity index (χ0) is 14.6. The lowest BCUT2D eigenvalue weighted by atomic mass is 10.0. The molecule has 2 heterocycles. The van der Waals surface area contributed by atoms with Crippen molar-refractivity contribution < 1.29 is 9.53 Å². The zero-order valence-electron chi connectivity index (χ0n) is 12.3. The Kier molecular flexibility index (Phi) is 4.57. The van der Waals surface area contributed by atoms with Crippen molar-refractivity contribution in [3.05, 3.63) is 23.9 Å². The quantitative estimate of drug-likeness (QED) is 0.837. The molecule has 1 aromatic rings. The van der Waals surface area contributed by atoms with E-state index in [1.165, 1.54) is 0 Å². The fourth-order valence-corrected chi connectivity index (χ4v) is 2.52. The standard InChI is InChI=1S/C14H22N4O2/c1-14(13(19)16-3)10-18(7-8-20-14)9-11-5-4-6-17-12(11)15-2/h4-6H,7-10H2,1-3H3,(H,15,17)(H,16,19)/t14-/m0/s1. The first-order valence-electron chi connectivity index (χ1n) is 6.79. The van der Waals surface area contributed by atoms with Crippen LogP contribution in [0.3, 0.4) is 0 Å². The third-order valence-electron chi connectivity index (χ3n) is 3.58. The number of carbonyl (C=O) groups is 1. The van der Waals surface area contributed by atoms with Gasteiger partial charge in [-0.15, -0.1) is 0 Å². The van der Waals surface area contributed by atoms with Crippen LogP contribution in [0.1, 0.15) is 12.5 Å². The van der Waals surface area contributed by atoms with Crippen LogP contribution in [0.15, 0.2) is 18.3 Å². The Morgan fingerprint density at radius 3 is 3.05 bits per heavy atom. The van der Waals surface area contributed by atoms with E-state index in [9.17, 15) is 4.79 Å². The van der Waals surface area contributed by atoms with Crippen molar-refractivity contribution in [2.24, 2.45) is 0 Å². The number of nitrogens with one attached hydrogen (secondary N) is 2. The molecule has 0 spiro atoms. The minimum absolute atomic E-state index is 0.0813. The van der Waals surface area contributed by atoms with E-state index in [1.54, 1.807) is 13.2 Å². The number of amides is 1. The van der Waals surface area contributed by atoms with Gasteiger partial charge < -0.3 is 15.4 Å². The van der Waals surface area contributed by atoms with E-state index in [-0.39, 0.29) is 5.91 Å². The van der Waals surface area contributed by atoms with Crippen LogP contribution in [0.25, 0.3) is 0 Å². The summed E-state index contributed by atoms with van der Waals surface area (Å²) in [5.74, 6) is 0.794. The van der Waals surface area contributed by atoms with Crippen LogP contribution in [-0.2, 0) is 16.1 Å². The Labute approximate surface area is 119 Å². The number of pyridine rings is 1. The summed E-state index contributed by atoms with van der Waals surface area (Å²) < 4.78 is 5.66. The Balaban J connectivity index is 2.08. The number of carbonyl (C=O) groups excluding carboxylic acids is 1. The molecule has 0 aromatic carbocycles. The molecule has 0 unspecified atom stereocenters. The third kappa shape index (κ3) is 3.08. The van der Waals surface area contributed by atoms with Gasteiger partial charge in [0, 0.05) is 45.5 Å². The second-order valence-electron chi connectivity index (χ2n) is 5.13. The van der Waals surface area contributed by atoms with Crippen LogP contribution in [0.5, 0.6) is 0 Å². The summed E-state index contributed by atoms with van der Waals surface area (Å²) in [6.45, 7) is 4.52. The maximum absolute atomic E-state index is 11.9. The lowest BCUT2D eigenvalue weighted by Crippen LogP contribution is -2.57. The number of ether oxygens (including phenoxy) is 1. The Morgan fingerprint density at radius 1 is 1.55 bits per heavy atom. The van der Waals surface area contributed by atoms with Crippen LogP contribution < -0.4 is 10.6 Å². The molecule has 6 heteroatoms. The Bertz CT molecular complexity index is 480. The fourth-order valence-electron chi connectivity index (χ4n) is 2.52. The Hall–Kier alpha value is -1.66. The van der Waals surface area contributed by atoms with Gasteiger partial charge in [0.2, 0.25) is 0 Å². The van der Waals surface area contributed by atoms with Crippen molar-refractivity contribution in [2.75, 3.05) is 39.1 Å². The molecule has 0 radical (unpaired) electrons. The molecular weight excluding hydrogens is 256 g/mol. The van der Waals surface area contributed by atoms with E-state index in [1.807, 2.05) is 26.1 Å². The lowest BCUT2D eigenvalue weighted by Gasteiger charge is -2.39. The minimum Gasteiger partial charge on any atom is -0.373 e. The first-order chi connectivity index (χ1) is 9.59. The molecule has 0 saturated carbocycles. The van der Waals surface area contributed by atoms with Crippen LogP contribution in [0.4, 0.5) is 5.82 Å². The molecule has 0 bridgehead atoms. The van der Waals surface area contributed by atoms with E-state index in [0.29, 0.717) is 13.2 Å². The van der Waals surface area contributed by atoms with Gasteiger partial charge in [-0.05, 0) is 13.0 Å². The van der Waals surface area contributed by atoms with E-state index in [2.05, 4.69) is 20.5 Å². The fraction of sp³-hybridized carbons (Fsp3) is 0.571. The molecule has 20 heavy (non-hydrogen) atoms. The highest BCUT2D eigenvalue weighted by Gasteiger charge is 2.38. The summed E-state index contributed by atoms with van der Waals surface area (Å²) in [5.41, 5.74) is 0.339. The van der Waals surface area contributed by atoms with Gasteiger partial charge >= 0.3 is 0 Å². The number of nitrogens with zero attached hydrogens (tertiary/aromatic N) is 2. The largest absolute Gasteiger partial charge is 0.373 e. The minimum atomic E-state index is -0.783. The number of likely N-dealkylation sites (N-methyl/N-ethyl adjacent to an activating group) is 1. The van der Waals surface area contributed by atoms with E-state index < -0.39 is 5.60 Å². The molecule has 1 saturated heterocycles. The maximum atomic E-state index is 11.9. The molecule has 0 aliphatic carbocycles. The highest BCUT2D eigenvalue weighted by atomic mass is 16.5. The highest BCUT2D eigenvalue weighted by Crippen LogP contribution is 2.21. The molecule has 6 nitrogen and oxygen atoms in total. The summed E-state index contributed by atoms with van der Waals surface area (Å²) in [6.07, 6.45) is 1.77. The number of hydrogen-bond acceptors (Lipinski definition) is 5. The van der Waals surface area contributed by atoms with E-state index in [0.717, 1.165) is 24.5 Å². The van der Waals surface area contributed by atoms with Crippen molar-refractivity contribution >= 4 is 11.7 Å². The van der Waals surface area contributed by atoms with Gasteiger partial charge in [-0.1, -0.05) is 6.07 Å². The first kappa shape index (κ1) is 14.7. The molecule has 1 amide bonds. The normalized spacial score (nSPS) is 23.4. The third-order valence-corrected chi connectivity index (χ3v) is 3.58. The summed E-state index contributed by atoms with van der Waals surface area (Å²) >= 11 is 0. The number of anilines is 1. The molecule has 1 aliphatic heterocycles. The summed E-state index contributed by atoms with van der Waals surface area (Å²) in [7, 11) is 3.50. The van der Waals surface area contributed by atoms with Crippen molar-refractivity contribution in [1.82, 2.24) is 15.2 Å². The zero-order valence-corrected chi connectivity index (χ0v) is 12.3. The second-order valence-corrected chi connectivity index (χ2v) is 5.13. The van der Waals surface area contributed by atoms with Crippen molar-refractivity contribution in [3.63, 3.8) is 0 Å². The highest BCUT2D eigenvalue weighted by molar-refractivity contribution is 5.84. The molecule has 1 atom stereocenters. The van der Waals surface area contributed by atoms with Gasteiger partial charge in [0.25, 0.3) is 5.91 Å². The molecular formula is C14H22N4O2. The predicted molar refractivity (Wildman–Crippen MR) is 77.5 cm³/mol.